The molecule has 0 unspecified atom stereocenters. The Morgan fingerprint density at radius 1 is 1.15 bits per heavy atom. The maximum Gasteiger partial charge on any atom is 0.227 e. The monoisotopic (exact) mass is 367 g/mol. The zero-order chi connectivity index (χ0) is 18.3. The van der Waals surface area contributed by atoms with Gasteiger partial charge in [0.1, 0.15) is 5.82 Å². The molecule has 144 valence electrons. The van der Waals surface area contributed by atoms with E-state index < -0.39 is 0 Å². The lowest BCUT2D eigenvalue weighted by Gasteiger charge is -2.52. The lowest BCUT2D eigenvalue weighted by molar-refractivity contribution is 0.00111. The molecule has 5 rings (SSSR count). The van der Waals surface area contributed by atoms with Crippen LogP contribution in [-0.4, -0.2) is 58.3 Å². The van der Waals surface area contributed by atoms with E-state index >= 15 is 0 Å². The molecular weight excluding hydrogens is 338 g/mol. The summed E-state index contributed by atoms with van der Waals surface area (Å²) < 4.78 is 0. The van der Waals surface area contributed by atoms with Crippen molar-refractivity contribution >= 4 is 17.6 Å². The van der Waals surface area contributed by atoms with E-state index in [9.17, 15) is 0 Å². The Kier molecular flexibility index (Phi) is 4.27. The van der Waals surface area contributed by atoms with E-state index in [-0.39, 0.29) is 0 Å². The first kappa shape index (κ1) is 17.0. The van der Waals surface area contributed by atoms with Crippen molar-refractivity contribution < 1.29 is 0 Å². The zero-order valence-corrected chi connectivity index (χ0v) is 16.1. The first-order valence-electron chi connectivity index (χ1n) is 10.3. The molecule has 1 aliphatic carbocycles. The van der Waals surface area contributed by atoms with Crippen LogP contribution in [-0.2, 0) is 0 Å². The van der Waals surface area contributed by atoms with Crippen molar-refractivity contribution in [3.63, 3.8) is 0 Å². The summed E-state index contributed by atoms with van der Waals surface area (Å²) in [6.07, 6.45) is 9.52. The summed E-state index contributed by atoms with van der Waals surface area (Å²) in [4.78, 5) is 14.0. The van der Waals surface area contributed by atoms with Crippen LogP contribution in [0.5, 0.6) is 0 Å². The van der Waals surface area contributed by atoms with Crippen molar-refractivity contribution in [3.8, 4) is 0 Å². The minimum atomic E-state index is 0.548. The number of hydrogen-bond donors (Lipinski definition) is 2. The number of piperidine rings is 1. The van der Waals surface area contributed by atoms with Gasteiger partial charge in [-0.25, -0.2) is 4.98 Å². The first-order valence-corrected chi connectivity index (χ1v) is 10.3. The van der Waals surface area contributed by atoms with Crippen LogP contribution in [0.4, 0.5) is 17.6 Å². The summed E-state index contributed by atoms with van der Waals surface area (Å²) in [5.41, 5.74) is 1.79. The maximum atomic E-state index is 4.74. The largest absolute Gasteiger partial charge is 0.341 e. The molecule has 0 aromatic carbocycles. The van der Waals surface area contributed by atoms with Crippen LogP contribution < -0.4 is 10.2 Å². The molecule has 0 radical (unpaired) electrons. The fourth-order valence-electron chi connectivity index (χ4n) is 5.14. The van der Waals surface area contributed by atoms with Gasteiger partial charge in [0.15, 0.2) is 5.82 Å². The highest BCUT2D eigenvalue weighted by molar-refractivity contribution is 5.53. The average molecular weight is 368 g/mol. The van der Waals surface area contributed by atoms with Gasteiger partial charge >= 0.3 is 0 Å². The summed E-state index contributed by atoms with van der Waals surface area (Å²) in [6, 6.07) is 4.05. The molecule has 2 N–H and O–H groups in total. The van der Waals surface area contributed by atoms with Gasteiger partial charge in [-0.3, -0.25) is 5.10 Å². The number of anilines is 3. The van der Waals surface area contributed by atoms with Crippen molar-refractivity contribution in [1.29, 1.82) is 0 Å². The molecule has 0 amide bonds. The lowest BCUT2D eigenvalue weighted by atomic mass is 9.72. The summed E-state index contributed by atoms with van der Waals surface area (Å²) in [5, 5.41) is 11.0. The van der Waals surface area contributed by atoms with Crippen molar-refractivity contribution in [1.82, 2.24) is 25.1 Å². The summed E-state index contributed by atoms with van der Waals surface area (Å²) in [5.74, 6) is 3.12. The van der Waals surface area contributed by atoms with Crippen LogP contribution in [0.2, 0.25) is 0 Å². The maximum absolute atomic E-state index is 4.74. The normalized spacial score (nSPS) is 22.9. The van der Waals surface area contributed by atoms with Crippen molar-refractivity contribution in [2.45, 2.75) is 44.4 Å². The fraction of sp³-hybridized carbons (Fsp3) is 0.650. The molecule has 2 aromatic rings. The van der Waals surface area contributed by atoms with Crippen molar-refractivity contribution in [2.75, 3.05) is 43.4 Å². The molecule has 3 fully saturated rings. The van der Waals surface area contributed by atoms with Crippen LogP contribution >= 0.6 is 0 Å². The molecule has 27 heavy (non-hydrogen) atoms. The molecule has 0 bridgehead atoms. The lowest BCUT2D eigenvalue weighted by Crippen LogP contribution is -2.58. The summed E-state index contributed by atoms with van der Waals surface area (Å²) in [7, 11) is 2.21. The molecule has 2 aromatic heterocycles. The van der Waals surface area contributed by atoms with E-state index in [4.69, 9.17) is 4.98 Å². The number of hydrogen-bond acceptors (Lipinski definition) is 6. The van der Waals surface area contributed by atoms with Gasteiger partial charge in [0.25, 0.3) is 0 Å². The molecule has 7 heteroatoms. The van der Waals surface area contributed by atoms with Gasteiger partial charge in [0.05, 0.1) is 0 Å². The van der Waals surface area contributed by atoms with Crippen LogP contribution in [0.1, 0.15) is 50.1 Å². The number of aromatic nitrogens is 4. The minimum Gasteiger partial charge on any atom is -0.341 e. The van der Waals surface area contributed by atoms with Gasteiger partial charge in [-0.1, -0.05) is 12.8 Å². The second-order valence-electron chi connectivity index (χ2n) is 8.72. The van der Waals surface area contributed by atoms with Crippen LogP contribution in [0.15, 0.2) is 18.3 Å². The molecule has 3 aliphatic rings. The molecule has 1 spiro atoms. The van der Waals surface area contributed by atoms with Gasteiger partial charge in [-0.2, -0.15) is 10.1 Å². The molecule has 0 atom stereocenters. The molecule has 2 saturated heterocycles. The number of nitrogens with one attached hydrogen (secondary N) is 2. The Labute approximate surface area is 160 Å². The SMILES string of the molecule is CN1CC2(CCN(c3nccc(Nc4cc(C5CCCC5)[nH]n4)n3)CC2)C1. The number of likely N-dealkylation sites (tertiary alicyclic amines) is 1. The zero-order valence-electron chi connectivity index (χ0n) is 16.1. The third-order valence-corrected chi connectivity index (χ3v) is 6.61. The number of rotatable bonds is 4. The predicted molar refractivity (Wildman–Crippen MR) is 106 cm³/mol. The average Bonchev–Trinajstić information content (AvgIpc) is 3.33. The smallest absolute Gasteiger partial charge is 0.227 e. The molecular formula is C20H29N7. The van der Waals surface area contributed by atoms with Crippen LogP contribution in [0.3, 0.4) is 0 Å². The number of H-pyrrole nitrogens is 1. The number of aromatic amines is 1. The van der Waals surface area contributed by atoms with Gasteiger partial charge < -0.3 is 15.1 Å². The molecule has 2 aliphatic heterocycles. The van der Waals surface area contributed by atoms with Crippen molar-refractivity contribution in [2.24, 2.45) is 5.41 Å². The van der Waals surface area contributed by atoms with E-state index in [2.05, 4.69) is 43.4 Å². The fourth-order valence-corrected chi connectivity index (χ4v) is 5.14. The second-order valence-corrected chi connectivity index (χ2v) is 8.72. The molecule has 1 saturated carbocycles. The highest BCUT2D eigenvalue weighted by Gasteiger charge is 2.43. The minimum absolute atomic E-state index is 0.548. The molecule has 4 heterocycles. The predicted octanol–water partition coefficient (Wildman–Crippen LogP) is 3.13. The molecule has 7 nitrogen and oxygen atoms in total. The van der Waals surface area contributed by atoms with Gasteiger partial charge in [-0.05, 0) is 44.2 Å². The second kappa shape index (κ2) is 6.78. The van der Waals surface area contributed by atoms with E-state index in [0.29, 0.717) is 11.3 Å². The Hall–Kier alpha value is -2.15. The van der Waals surface area contributed by atoms with E-state index in [1.165, 1.54) is 57.3 Å². The summed E-state index contributed by atoms with van der Waals surface area (Å²) >= 11 is 0. The first-order chi connectivity index (χ1) is 13.2. The Balaban J connectivity index is 1.23. The van der Waals surface area contributed by atoms with E-state index in [1.54, 1.807) is 0 Å². The Morgan fingerprint density at radius 3 is 2.67 bits per heavy atom. The standard InChI is InChI=1S/C20H29N7/c1-26-13-20(14-26)7-10-27(11-8-20)19-21-9-6-17(23-19)22-18-12-16(24-25-18)15-4-2-3-5-15/h6,9,12,15H,2-5,7-8,10-11,13-14H2,1H3,(H2,21,22,23,24,25). The van der Waals surface area contributed by atoms with Crippen LogP contribution in [0, 0.1) is 5.41 Å². The summed E-state index contributed by atoms with van der Waals surface area (Å²) in [6.45, 7) is 4.58. The van der Waals surface area contributed by atoms with Gasteiger partial charge in [0, 0.05) is 50.1 Å². The van der Waals surface area contributed by atoms with E-state index in [0.717, 1.165) is 30.7 Å². The van der Waals surface area contributed by atoms with Crippen LogP contribution in [0.25, 0.3) is 0 Å². The quantitative estimate of drug-likeness (QED) is 0.865. The highest BCUT2D eigenvalue weighted by Crippen LogP contribution is 2.40. The third-order valence-electron chi connectivity index (χ3n) is 6.61. The van der Waals surface area contributed by atoms with Crippen molar-refractivity contribution in [3.05, 3.63) is 24.0 Å². The van der Waals surface area contributed by atoms with Gasteiger partial charge in [0.2, 0.25) is 5.95 Å². The van der Waals surface area contributed by atoms with E-state index in [1.807, 2.05) is 12.3 Å². The highest BCUT2D eigenvalue weighted by atomic mass is 15.3. The Bertz CT molecular complexity index is 779. The topological polar surface area (TPSA) is 73.0 Å². The van der Waals surface area contributed by atoms with Gasteiger partial charge in [-0.15, -0.1) is 0 Å². The Morgan fingerprint density at radius 2 is 1.93 bits per heavy atom. The number of nitrogens with zero attached hydrogens (tertiary/aromatic N) is 5. The third kappa shape index (κ3) is 3.40.